The van der Waals surface area contributed by atoms with Gasteiger partial charge in [0.05, 0.1) is 31.1 Å². The van der Waals surface area contributed by atoms with Crippen LogP contribution < -0.4 is 10.6 Å². The highest BCUT2D eigenvalue weighted by Crippen LogP contribution is 2.22. The van der Waals surface area contributed by atoms with Crippen molar-refractivity contribution in [3.05, 3.63) is 40.8 Å². The average Bonchev–Trinajstić information content (AvgIpc) is 3.36. The molecule has 9 nitrogen and oxygen atoms in total. The van der Waals surface area contributed by atoms with Gasteiger partial charge in [-0.25, -0.2) is 9.78 Å². The number of benzene rings is 1. The SMILES string of the molecule is C#CCOCCC(NC)c1ncc(-c2ccc(Br)cc2)[nH]1.CC.COC(=O)NC(C=O)CC=O. The zero-order valence-electron chi connectivity index (χ0n) is 20.0. The maximum atomic E-state index is 10.4. The third-order valence-electron chi connectivity index (χ3n) is 4.17. The molecule has 0 fully saturated rings. The van der Waals surface area contributed by atoms with Crippen LogP contribution in [0.25, 0.3) is 11.3 Å². The Bertz CT molecular complexity index is 880. The van der Waals surface area contributed by atoms with Gasteiger partial charge in [-0.05, 0) is 31.2 Å². The van der Waals surface area contributed by atoms with Crippen molar-refractivity contribution in [3.63, 3.8) is 0 Å². The largest absolute Gasteiger partial charge is 0.453 e. The van der Waals surface area contributed by atoms with Crippen LogP contribution in [-0.2, 0) is 19.1 Å². The molecule has 0 saturated carbocycles. The topological polar surface area (TPSA) is 122 Å². The van der Waals surface area contributed by atoms with Crippen molar-refractivity contribution in [2.45, 2.75) is 38.8 Å². The van der Waals surface area contributed by atoms with Gasteiger partial charge in [-0.1, -0.05) is 47.8 Å². The number of terminal acetylenes is 1. The van der Waals surface area contributed by atoms with Crippen LogP contribution in [0.15, 0.2) is 34.9 Å². The fourth-order valence-corrected chi connectivity index (χ4v) is 2.77. The number of aromatic nitrogens is 2. The maximum absolute atomic E-state index is 10.4. The van der Waals surface area contributed by atoms with Gasteiger partial charge in [-0.3, -0.25) is 0 Å². The van der Waals surface area contributed by atoms with Gasteiger partial charge in [0.2, 0.25) is 0 Å². The molecule has 34 heavy (non-hydrogen) atoms. The van der Waals surface area contributed by atoms with Gasteiger partial charge in [0.1, 0.15) is 25.0 Å². The van der Waals surface area contributed by atoms with E-state index < -0.39 is 12.1 Å². The van der Waals surface area contributed by atoms with Gasteiger partial charge in [0, 0.05) is 17.5 Å². The number of imidazole rings is 1. The van der Waals surface area contributed by atoms with Gasteiger partial charge < -0.3 is 34.7 Å². The molecule has 0 aliphatic rings. The standard InChI is InChI=1S/C16H18BrN3O.C6H9NO4.C2H6/c1-3-9-21-10-8-14(18-2)16-19-11-15(20-16)12-4-6-13(17)7-5-12;1-11-6(10)7-5(4-9)2-3-8;1-2/h1,4-7,11,14,18H,8-10H2,2H3,(H,19,20);3-5H,2H2,1H3,(H,7,10);1-2H3. The predicted molar refractivity (Wildman–Crippen MR) is 135 cm³/mol. The second kappa shape index (κ2) is 19.5. The molecule has 2 rings (SSSR count). The second-order valence-electron chi connectivity index (χ2n) is 6.36. The van der Waals surface area contributed by atoms with E-state index in [0.717, 1.165) is 28.0 Å². The predicted octanol–water partition coefficient (Wildman–Crippen LogP) is 3.66. The normalized spacial score (nSPS) is 11.3. The van der Waals surface area contributed by atoms with Gasteiger partial charge in [-0.2, -0.15) is 0 Å². The monoisotopic (exact) mass is 536 g/mol. The van der Waals surface area contributed by atoms with E-state index in [-0.39, 0.29) is 12.5 Å². The summed E-state index contributed by atoms with van der Waals surface area (Å²) < 4.78 is 10.6. The summed E-state index contributed by atoms with van der Waals surface area (Å²) in [7, 11) is 3.09. The van der Waals surface area contributed by atoms with E-state index in [0.29, 0.717) is 25.8 Å². The molecule has 186 valence electrons. The van der Waals surface area contributed by atoms with E-state index in [1.54, 1.807) is 0 Å². The molecule has 10 heteroatoms. The number of methoxy groups -OCH3 is 1. The van der Waals surface area contributed by atoms with Crippen LogP contribution in [0, 0.1) is 12.3 Å². The van der Waals surface area contributed by atoms with Crippen LogP contribution in [0.1, 0.15) is 38.6 Å². The lowest BCUT2D eigenvalue weighted by Crippen LogP contribution is -2.36. The molecule has 0 saturated heterocycles. The van der Waals surface area contributed by atoms with Crippen molar-refractivity contribution >= 4 is 34.6 Å². The van der Waals surface area contributed by atoms with Crippen molar-refractivity contribution in [2.24, 2.45) is 0 Å². The lowest BCUT2D eigenvalue weighted by molar-refractivity contribution is -0.113. The minimum absolute atomic E-state index is 0.0292. The first kappa shape index (κ1) is 31.0. The van der Waals surface area contributed by atoms with Gasteiger partial charge in [-0.15, -0.1) is 6.42 Å². The number of halogens is 1. The molecular weight excluding hydrogens is 504 g/mol. The van der Waals surface area contributed by atoms with Gasteiger partial charge >= 0.3 is 6.09 Å². The summed E-state index contributed by atoms with van der Waals surface area (Å²) in [6, 6.07) is 7.46. The van der Waals surface area contributed by atoms with Crippen LogP contribution in [0.3, 0.4) is 0 Å². The zero-order chi connectivity index (χ0) is 25.8. The number of amides is 1. The molecule has 2 aromatic rings. The number of carbonyl (C=O) groups excluding carboxylic acids is 3. The van der Waals surface area contributed by atoms with Crippen LogP contribution >= 0.6 is 15.9 Å². The van der Waals surface area contributed by atoms with Crippen molar-refractivity contribution in [1.29, 1.82) is 0 Å². The third kappa shape index (κ3) is 12.3. The van der Waals surface area contributed by atoms with Crippen LogP contribution in [0.2, 0.25) is 0 Å². The molecule has 2 atom stereocenters. The number of hydrogen-bond donors (Lipinski definition) is 3. The number of aromatic amines is 1. The molecule has 1 aromatic heterocycles. The molecule has 0 aliphatic heterocycles. The summed E-state index contributed by atoms with van der Waals surface area (Å²) >= 11 is 3.44. The average molecular weight is 537 g/mol. The fourth-order valence-electron chi connectivity index (χ4n) is 2.50. The number of nitrogens with zero attached hydrogens (tertiary/aromatic N) is 1. The minimum atomic E-state index is -0.778. The van der Waals surface area contributed by atoms with E-state index in [1.807, 2.05) is 51.4 Å². The Morgan fingerprint density at radius 1 is 1.29 bits per heavy atom. The molecule has 0 aliphatic carbocycles. The Morgan fingerprint density at radius 3 is 2.50 bits per heavy atom. The molecule has 0 radical (unpaired) electrons. The van der Waals surface area contributed by atoms with E-state index >= 15 is 0 Å². The Labute approximate surface area is 209 Å². The summed E-state index contributed by atoms with van der Waals surface area (Å²) in [4.78, 5) is 38.3. The third-order valence-corrected chi connectivity index (χ3v) is 4.70. The van der Waals surface area contributed by atoms with E-state index in [2.05, 4.69) is 47.2 Å². The van der Waals surface area contributed by atoms with Crippen molar-refractivity contribution in [1.82, 2.24) is 20.6 Å². The Kier molecular flexibility index (Phi) is 17.7. The highest BCUT2D eigenvalue weighted by atomic mass is 79.9. The number of H-pyrrole nitrogens is 1. The van der Waals surface area contributed by atoms with Crippen LogP contribution in [0.4, 0.5) is 4.79 Å². The minimum Gasteiger partial charge on any atom is -0.453 e. The van der Waals surface area contributed by atoms with Crippen LogP contribution in [0.5, 0.6) is 0 Å². The number of aldehydes is 2. The summed E-state index contributed by atoms with van der Waals surface area (Å²) in [6.07, 6.45) is 8.10. The summed E-state index contributed by atoms with van der Waals surface area (Å²) in [5.74, 6) is 3.36. The zero-order valence-corrected chi connectivity index (χ0v) is 21.6. The van der Waals surface area contributed by atoms with E-state index in [4.69, 9.17) is 11.2 Å². The summed E-state index contributed by atoms with van der Waals surface area (Å²) in [5.41, 5.74) is 2.11. The molecule has 1 heterocycles. The molecule has 0 bridgehead atoms. The number of alkyl carbamates (subject to hydrolysis) is 1. The lowest BCUT2D eigenvalue weighted by atomic mass is 10.2. The van der Waals surface area contributed by atoms with Crippen molar-refractivity contribution in [3.8, 4) is 23.6 Å². The Hall–Kier alpha value is -3.00. The Balaban J connectivity index is 0.000000712. The number of ether oxygens (including phenoxy) is 2. The smallest absolute Gasteiger partial charge is 0.407 e. The first-order chi connectivity index (χ1) is 16.5. The molecular formula is C24H33BrN4O5. The first-order valence-electron chi connectivity index (χ1n) is 10.7. The molecule has 1 aromatic carbocycles. The molecule has 1 amide bonds. The maximum Gasteiger partial charge on any atom is 0.407 e. The number of rotatable bonds is 11. The van der Waals surface area contributed by atoms with E-state index in [1.165, 1.54) is 7.11 Å². The number of nitrogens with one attached hydrogen (secondary N) is 3. The fraction of sp³-hybridized carbons (Fsp3) is 0.417. The van der Waals surface area contributed by atoms with Gasteiger partial charge in [0.15, 0.2) is 0 Å². The lowest BCUT2D eigenvalue weighted by Gasteiger charge is -2.13. The second-order valence-corrected chi connectivity index (χ2v) is 7.27. The summed E-state index contributed by atoms with van der Waals surface area (Å²) in [5, 5.41) is 5.39. The van der Waals surface area contributed by atoms with Crippen molar-refractivity contribution < 1.29 is 23.9 Å². The number of hydrogen-bond acceptors (Lipinski definition) is 7. The molecule has 0 spiro atoms. The Morgan fingerprint density at radius 2 is 1.97 bits per heavy atom. The molecule has 2 unspecified atom stereocenters. The molecule has 3 N–H and O–H groups in total. The first-order valence-corrected chi connectivity index (χ1v) is 11.5. The number of carbonyl (C=O) groups is 3. The van der Waals surface area contributed by atoms with Crippen molar-refractivity contribution in [2.75, 3.05) is 27.4 Å². The van der Waals surface area contributed by atoms with Gasteiger partial charge in [0.25, 0.3) is 0 Å². The van der Waals surface area contributed by atoms with Crippen LogP contribution in [-0.4, -0.2) is 62.0 Å². The van der Waals surface area contributed by atoms with E-state index in [9.17, 15) is 14.4 Å². The quantitative estimate of drug-likeness (QED) is 0.227. The highest BCUT2D eigenvalue weighted by Gasteiger charge is 2.13. The summed E-state index contributed by atoms with van der Waals surface area (Å²) in [6.45, 7) is 4.95. The highest BCUT2D eigenvalue weighted by molar-refractivity contribution is 9.10.